The van der Waals surface area contributed by atoms with E-state index in [1.54, 1.807) is 18.7 Å². The average Bonchev–Trinajstić information content (AvgIpc) is 2.57. The van der Waals surface area contributed by atoms with E-state index in [4.69, 9.17) is 5.21 Å². The van der Waals surface area contributed by atoms with Crippen LogP contribution in [0.2, 0.25) is 0 Å². The zero-order chi connectivity index (χ0) is 15.9. The second-order valence-corrected chi connectivity index (χ2v) is 6.25. The van der Waals surface area contributed by atoms with E-state index in [1.807, 2.05) is 18.2 Å². The van der Waals surface area contributed by atoms with Gasteiger partial charge in [-0.3, -0.25) is 4.79 Å². The zero-order valence-corrected chi connectivity index (χ0v) is 13.5. The fourth-order valence-corrected chi connectivity index (χ4v) is 3.30. The Kier molecular flexibility index (Phi) is 5.83. The van der Waals surface area contributed by atoms with Gasteiger partial charge in [-0.05, 0) is 36.2 Å². The smallest absolute Gasteiger partial charge is 0.305 e. The second-order valence-electron chi connectivity index (χ2n) is 4.97. The summed E-state index contributed by atoms with van der Waals surface area (Å²) in [6.07, 6.45) is 0.870. The lowest BCUT2D eigenvalue weighted by atomic mass is 10.1. The molecule has 0 saturated carbocycles. The van der Waals surface area contributed by atoms with Gasteiger partial charge in [0, 0.05) is 11.3 Å². The van der Waals surface area contributed by atoms with Crippen molar-refractivity contribution in [2.75, 3.05) is 7.11 Å². The van der Waals surface area contributed by atoms with Crippen molar-refractivity contribution in [1.29, 1.82) is 0 Å². The molecule has 5 heteroatoms. The van der Waals surface area contributed by atoms with E-state index < -0.39 is 0 Å². The molecule has 22 heavy (non-hydrogen) atoms. The number of nitrogens with zero attached hydrogens (tertiary/aromatic N) is 1. The maximum atomic E-state index is 11.3. The molecule has 2 aromatic rings. The largest absolute Gasteiger partial charge is 0.469 e. The Hall–Kier alpha value is -2.01. The second kappa shape index (κ2) is 7.84. The van der Waals surface area contributed by atoms with Crippen LogP contribution in [-0.4, -0.2) is 29.2 Å². The van der Waals surface area contributed by atoms with Crippen LogP contribution in [0.4, 0.5) is 0 Å². The molecule has 1 atom stereocenters. The van der Waals surface area contributed by atoms with Gasteiger partial charge in [-0.25, -0.2) is 0 Å². The monoisotopic (exact) mass is 317 g/mol. The van der Waals surface area contributed by atoms with Crippen LogP contribution < -0.4 is 0 Å². The number of carbonyl (C=O) groups is 1. The summed E-state index contributed by atoms with van der Waals surface area (Å²) in [5.41, 5.74) is 0.599. The third-order valence-electron chi connectivity index (χ3n) is 3.46. The predicted octanol–water partition coefficient (Wildman–Crippen LogP) is 4.10. The first kappa shape index (κ1) is 16.4. The normalized spacial score (nSPS) is 13.1. The summed E-state index contributed by atoms with van der Waals surface area (Å²) >= 11 is 1.59. The highest BCUT2D eigenvalue weighted by molar-refractivity contribution is 8.00. The Balaban J connectivity index is 2.15. The molecule has 0 bridgehead atoms. The van der Waals surface area contributed by atoms with Gasteiger partial charge in [-0.2, -0.15) is 0 Å². The van der Waals surface area contributed by atoms with E-state index in [-0.39, 0.29) is 11.2 Å². The minimum atomic E-state index is -0.255. The first-order valence-corrected chi connectivity index (χ1v) is 7.93. The van der Waals surface area contributed by atoms with E-state index in [2.05, 4.69) is 34.2 Å². The number of hydrogen-bond donors (Lipinski definition) is 1. The number of fused-ring (bicyclic) bond motifs is 1. The Morgan fingerprint density at radius 2 is 2.00 bits per heavy atom. The Morgan fingerprint density at radius 3 is 2.68 bits per heavy atom. The number of oxime groups is 1. The summed E-state index contributed by atoms with van der Waals surface area (Å²) in [7, 11) is 1.38. The average molecular weight is 317 g/mol. The van der Waals surface area contributed by atoms with Gasteiger partial charge in [0.2, 0.25) is 0 Å². The highest BCUT2D eigenvalue weighted by Crippen LogP contribution is 2.30. The molecule has 0 aromatic heterocycles. The van der Waals surface area contributed by atoms with E-state index in [1.165, 1.54) is 12.5 Å². The first-order valence-electron chi connectivity index (χ1n) is 7.05. The lowest BCUT2D eigenvalue weighted by Crippen LogP contribution is -2.16. The van der Waals surface area contributed by atoms with Crippen LogP contribution in [0.1, 0.15) is 19.8 Å². The number of hydrogen-bond acceptors (Lipinski definition) is 5. The van der Waals surface area contributed by atoms with Gasteiger partial charge in [-0.15, -0.1) is 11.8 Å². The van der Waals surface area contributed by atoms with Gasteiger partial charge in [0.25, 0.3) is 0 Å². The van der Waals surface area contributed by atoms with Crippen molar-refractivity contribution >= 4 is 34.2 Å². The molecule has 1 unspecified atom stereocenters. The van der Waals surface area contributed by atoms with Crippen molar-refractivity contribution in [2.45, 2.75) is 29.9 Å². The van der Waals surface area contributed by atoms with Crippen molar-refractivity contribution in [2.24, 2.45) is 5.16 Å². The van der Waals surface area contributed by atoms with Gasteiger partial charge >= 0.3 is 5.97 Å². The maximum Gasteiger partial charge on any atom is 0.305 e. The highest BCUT2D eigenvalue weighted by atomic mass is 32.2. The fraction of sp³-hybridized carbons (Fsp3) is 0.294. The molecule has 0 aliphatic rings. The molecular weight excluding hydrogens is 298 g/mol. The summed E-state index contributed by atoms with van der Waals surface area (Å²) in [5, 5.41) is 14.6. The molecular formula is C17H19NO3S. The molecule has 0 spiro atoms. The van der Waals surface area contributed by atoms with Crippen molar-refractivity contribution in [3.05, 3.63) is 42.5 Å². The number of thioether (sulfide) groups is 1. The molecule has 116 valence electrons. The molecule has 2 rings (SSSR count). The lowest BCUT2D eigenvalue weighted by Gasteiger charge is -2.15. The van der Waals surface area contributed by atoms with Crippen molar-refractivity contribution in [3.8, 4) is 0 Å². The molecule has 0 amide bonds. The number of benzene rings is 2. The standard InChI is InChI=1S/C17H19NO3S/c1-12(18-20)16(9-10-17(19)21-2)22-15-8-7-13-5-3-4-6-14(13)11-15/h3-8,11,16,20H,9-10H2,1-2H3/b18-12-. The molecule has 0 saturated heterocycles. The summed E-state index contributed by atoms with van der Waals surface area (Å²) in [6.45, 7) is 1.76. The van der Waals surface area contributed by atoms with Gasteiger partial charge in [0.05, 0.1) is 18.1 Å². The summed E-state index contributed by atoms with van der Waals surface area (Å²) in [4.78, 5) is 12.4. The fourth-order valence-electron chi connectivity index (χ4n) is 2.17. The lowest BCUT2D eigenvalue weighted by molar-refractivity contribution is -0.140. The van der Waals surface area contributed by atoms with Gasteiger partial charge < -0.3 is 9.94 Å². The van der Waals surface area contributed by atoms with E-state index in [9.17, 15) is 4.79 Å². The van der Waals surface area contributed by atoms with Crippen LogP contribution in [0.3, 0.4) is 0 Å². The predicted molar refractivity (Wildman–Crippen MR) is 89.7 cm³/mol. The first-order chi connectivity index (χ1) is 10.6. The summed E-state index contributed by atoms with van der Waals surface area (Å²) in [5.74, 6) is -0.255. The topological polar surface area (TPSA) is 58.9 Å². The molecule has 4 nitrogen and oxygen atoms in total. The molecule has 0 aliphatic carbocycles. The molecule has 0 radical (unpaired) electrons. The van der Waals surface area contributed by atoms with Crippen LogP contribution >= 0.6 is 11.8 Å². The van der Waals surface area contributed by atoms with E-state index in [0.29, 0.717) is 18.6 Å². The van der Waals surface area contributed by atoms with Gasteiger partial charge in [0.15, 0.2) is 0 Å². The Morgan fingerprint density at radius 1 is 1.27 bits per heavy atom. The SMILES string of the molecule is COC(=O)CCC(Sc1ccc2ccccc2c1)/C(C)=N\O. The third-order valence-corrected chi connectivity index (χ3v) is 4.85. The Labute approximate surface area is 134 Å². The van der Waals surface area contributed by atoms with Crippen molar-refractivity contribution in [3.63, 3.8) is 0 Å². The number of rotatable bonds is 6. The maximum absolute atomic E-state index is 11.3. The molecule has 2 aromatic carbocycles. The molecule has 0 fully saturated rings. The molecule has 1 N–H and O–H groups in total. The van der Waals surface area contributed by atoms with Crippen LogP contribution in [0.15, 0.2) is 52.5 Å². The van der Waals surface area contributed by atoms with Crippen LogP contribution in [0, 0.1) is 0 Å². The zero-order valence-electron chi connectivity index (χ0n) is 12.7. The quantitative estimate of drug-likeness (QED) is 0.286. The number of carbonyl (C=O) groups excluding carboxylic acids is 1. The number of esters is 1. The van der Waals surface area contributed by atoms with Crippen molar-refractivity contribution < 1.29 is 14.7 Å². The highest BCUT2D eigenvalue weighted by Gasteiger charge is 2.17. The minimum Gasteiger partial charge on any atom is -0.469 e. The van der Waals surface area contributed by atoms with Crippen molar-refractivity contribution in [1.82, 2.24) is 0 Å². The van der Waals surface area contributed by atoms with Crippen LogP contribution in [-0.2, 0) is 9.53 Å². The van der Waals surface area contributed by atoms with Crippen LogP contribution in [0.5, 0.6) is 0 Å². The molecule has 0 aliphatic heterocycles. The van der Waals surface area contributed by atoms with E-state index in [0.717, 1.165) is 10.3 Å². The third kappa shape index (κ3) is 4.24. The number of ether oxygens (including phenoxy) is 1. The van der Waals surface area contributed by atoms with E-state index >= 15 is 0 Å². The molecule has 0 heterocycles. The van der Waals surface area contributed by atoms with Gasteiger partial charge in [0.1, 0.15) is 0 Å². The van der Waals surface area contributed by atoms with Gasteiger partial charge in [-0.1, -0.05) is 35.5 Å². The number of methoxy groups -OCH3 is 1. The summed E-state index contributed by atoms with van der Waals surface area (Å²) in [6, 6.07) is 14.4. The van der Waals surface area contributed by atoms with Crippen LogP contribution in [0.25, 0.3) is 10.8 Å². The Bertz CT molecular complexity index is 684. The summed E-state index contributed by atoms with van der Waals surface area (Å²) < 4.78 is 4.67. The minimum absolute atomic E-state index is 0.0646.